The van der Waals surface area contributed by atoms with E-state index in [2.05, 4.69) is 20.3 Å². The summed E-state index contributed by atoms with van der Waals surface area (Å²) < 4.78 is 10.2. The van der Waals surface area contributed by atoms with E-state index in [1.165, 1.54) is 39.9 Å². The maximum absolute atomic E-state index is 9.88. The van der Waals surface area contributed by atoms with Gasteiger partial charge in [-0.1, -0.05) is 0 Å². The molecule has 0 fully saturated rings. The molecule has 138 valence electrons. The molecule has 3 unspecified atom stereocenters. The molecule has 0 saturated carbocycles. The molecule has 11 nitrogen and oxygen atoms in total. The lowest BCUT2D eigenvalue weighted by atomic mass is 10.4. The van der Waals surface area contributed by atoms with Crippen molar-refractivity contribution in [2.75, 3.05) is 42.8 Å². The third-order valence-corrected chi connectivity index (χ3v) is 2.84. The zero-order chi connectivity index (χ0) is 18.3. The van der Waals surface area contributed by atoms with Crippen molar-refractivity contribution in [2.45, 2.75) is 39.5 Å². The lowest BCUT2D eigenvalue weighted by Crippen LogP contribution is -2.42. The number of methoxy groups -OCH3 is 2. The van der Waals surface area contributed by atoms with Crippen LogP contribution in [-0.4, -0.2) is 76.6 Å². The van der Waals surface area contributed by atoms with E-state index in [1.54, 1.807) is 4.90 Å². The highest BCUT2D eigenvalue weighted by atomic mass is 16.5. The molecule has 0 bridgehead atoms. The van der Waals surface area contributed by atoms with Gasteiger partial charge in [0.15, 0.2) is 0 Å². The summed E-state index contributed by atoms with van der Waals surface area (Å²) in [4.78, 5) is 15.3. The predicted molar refractivity (Wildman–Crippen MR) is 87.2 cm³/mol. The van der Waals surface area contributed by atoms with Crippen molar-refractivity contribution in [1.29, 1.82) is 0 Å². The fraction of sp³-hybridized carbons (Fsp3) is 0.769. The van der Waals surface area contributed by atoms with E-state index in [0.717, 1.165) is 0 Å². The van der Waals surface area contributed by atoms with Gasteiger partial charge in [-0.3, -0.25) is 9.80 Å². The number of ether oxygens (including phenoxy) is 2. The number of hydrogen-bond donors (Lipinski definition) is 4. The van der Waals surface area contributed by atoms with Crippen LogP contribution in [0.2, 0.25) is 0 Å². The van der Waals surface area contributed by atoms with Gasteiger partial charge in [0.05, 0.1) is 0 Å². The average molecular weight is 346 g/mol. The molecule has 11 heteroatoms. The molecule has 1 aromatic rings. The van der Waals surface area contributed by atoms with Crippen LogP contribution >= 0.6 is 0 Å². The quantitative estimate of drug-likeness (QED) is 0.393. The number of aromatic nitrogens is 3. The summed E-state index contributed by atoms with van der Waals surface area (Å²) in [6.45, 7) is 4.75. The summed E-state index contributed by atoms with van der Waals surface area (Å²) in [6.07, 6.45) is -2.99. The minimum absolute atomic E-state index is 0.0327. The van der Waals surface area contributed by atoms with Crippen molar-refractivity contribution in [3.05, 3.63) is 0 Å². The normalized spacial score (nSPS) is 14.8. The Bertz CT molecular complexity index is 488. The van der Waals surface area contributed by atoms with Crippen molar-refractivity contribution < 1.29 is 24.8 Å². The Balaban J connectivity index is 3.34. The van der Waals surface area contributed by atoms with Crippen LogP contribution in [0.5, 0.6) is 0 Å². The molecule has 0 aliphatic heterocycles. The van der Waals surface area contributed by atoms with Gasteiger partial charge in [-0.2, -0.15) is 15.0 Å². The Morgan fingerprint density at radius 1 is 0.917 bits per heavy atom. The maximum Gasteiger partial charge on any atom is 0.236 e. The highest BCUT2D eigenvalue weighted by Gasteiger charge is 2.23. The highest BCUT2D eigenvalue weighted by molar-refractivity contribution is 5.45. The van der Waals surface area contributed by atoms with Gasteiger partial charge in [-0.05, 0) is 20.8 Å². The minimum Gasteiger partial charge on any atom is -0.374 e. The average Bonchev–Trinajstić information content (AvgIpc) is 2.45. The minimum atomic E-state index is -1.04. The monoisotopic (exact) mass is 346 g/mol. The molecule has 0 radical (unpaired) electrons. The third-order valence-electron chi connectivity index (χ3n) is 2.84. The van der Waals surface area contributed by atoms with Crippen LogP contribution < -0.4 is 15.1 Å². The molecule has 24 heavy (non-hydrogen) atoms. The largest absolute Gasteiger partial charge is 0.374 e. The number of nitrogens with one attached hydrogen (secondary N) is 1. The molecule has 0 spiro atoms. The molecule has 4 N–H and O–H groups in total. The number of rotatable bonds is 10. The molecule has 1 rings (SSSR count). The number of aliphatic hydroxyl groups excluding tert-OH is 3. The highest BCUT2D eigenvalue weighted by Crippen LogP contribution is 2.20. The molecule has 0 aliphatic rings. The first-order valence-corrected chi connectivity index (χ1v) is 7.38. The number of aliphatic hydroxyl groups is 3. The van der Waals surface area contributed by atoms with Gasteiger partial charge in [0, 0.05) is 14.2 Å². The molecular formula is C13H26N6O5. The molecular weight excluding hydrogens is 320 g/mol. The van der Waals surface area contributed by atoms with Gasteiger partial charge >= 0.3 is 0 Å². The molecule has 0 aliphatic carbocycles. The number of nitrogens with zero attached hydrogens (tertiary/aromatic N) is 5. The van der Waals surface area contributed by atoms with Crippen LogP contribution in [0.1, 0.15) is 20.8 Å². The van der Waals surface area contributed by atoms with Crippen LogP contribution in [0.4, 0.5) is 17.8 Å². The molecule has 0 aromatic carbocycles. The summed E-state index contributed by atoms with van der Waals surface area (Å²) in [5.74, 6) is 0.303. The van der Waals surface area contributed by atoms with E-state index in [0.29, 0.717) is 0 Å². The number of hydrogen-bond acceptors (Lipinski definition) is 11. The molecule has 3 atom stereocenters. The Labute approximate surface area is 140 Å². The fourth-order valence-corrected chi connectivity index (χ4v) is 1.97. The van der Waals surface area contributed by atoms with Gasteiger partial charge in [0.1, 0.15) is 32.1 Å². The summed E-state index contributed by atoms with van der Waals surface area (Å²) in [6, 6.07) is 0. The van der Waals surface area contributed by atoms with E-state index in [1.807, 2.05) is 0 Å². The molecule has 1 aromatic heterocycles. The van der Waals surface area contributed by atoms with Crippen molar-refractivity contribution >= 4 is 17.8 Å². The Hall–Kier alpha value is -1.79. The smallest absolute Gasteiger partial charge is 0.236 e. The maximum atomic E-state index is 9.88. The van der Waals surface area contributed by atoms with Crippen molar-refractivity contribution in [2.24, 2.45) is 0 Å². The first kappa shape index (κ1) is 20.3. The van der Waals surface area contributed by atoms with E-state index >= 15 is 0 Å². The summed E-state index contributed by atoms with van der Waals surface area (Å²) in [7, 11) is 3.02. The van der Waals surface area contributed by atoms with Crippen molar-refractivity contribution in [1.82, 2.24) is 15.0 Å². The second-order valence-corrected chi connectivity index (χ2v) is 5.13. The third kappa shape index (κ3) is 5.69. The van der Waals surface area contributed by atoms with E-state index in [4.69, 9.17) is 9.47 Å². The van der Waals surface area contributed by atoms with E-state index in [-0.39, 0.29) is 31.3 Å². The zero-order valence-electron chi connectivity index (χ0n) is 14.5. The first-order chi connectivity index (χ1) is 11.3. The predicted octanol–water partition coefficient (Wildman–Crippen LogP) is -0.881. The second-order valence-electron chi connectivity index (χ2n) is 5.13. The SMILES string of the molecule is COCN(COC)c1nc(NC(C)O)nc(N(C(C)O)C(C)O)n1. The second kappa shape index (κ2) is 9.49. The molecule has 1 heterocycles. The molecule has 0 amide bonds. The standard InChI is InChI=1S/C13H26N6O5/c1-8(20)14-11-15-12(18(6-23-4)7-24-5)17-13(16-11)19(9(2)21)10(3)22/h8-10,20-22H,6-7H2,1-5H3,(H,14,15,16,17). The topological polar surface area (TPSA) is 136 Å². The van der Waals surface area contributed by atoms with Crippen molar-refractivity contribution in [3.63, 3.8) is 0 Å². The van der Waals surface area contributed by atoms with E-state index in [9.17, 15) is 15.3 Å². The summed E-state index contributed by atoms with van der Waals surface area (Å²) in [5.41, 5.74) is 0. The van der Waals surface area contributed by atoms with Crippen LogP contribution in [0.15, 0.2) is 0 Å². The van der Waals surface area contributed by atoms with Gasteiger partial charge in [0.25, 0.3) is 0 Å². The zero-order valence-corrected chi connectivity index (χ0v) is 14.5. The first-order valence-electron chi connectivity index (χ1n) is 7.38. The van der Waals surface area contributed by atoms with Gasteiger partial charge in [-0.25, -0.2) is 0 Å². The Morgan fingerprint density at radius 3 is 1.83 bits per heavy atom. The fourth-order valence-electron chi connectivity index (χ4n) is 1.97. The van der Waals surface area contributed by atoms with Gasteiger partial charge < -0.3 is 30.1 Å². The van der Waals surface area contributed by atoms with Crippen LogP contribution in [0.3, 0.4) is 0 Å². The summed E-state index contributed by atoms with van der Waals surface area (Å²) >= 11 is 0. The Morgan fingerprint density at radius 2 is 1.42 bits per heavy atom. The van der Waals surface area contributed by atoms with E-state index < -0.39 is 18.7 Å². The van der Waals surface area contributed by atoms with Crippen molar-refractivity contribution in [3.8, 4) is 0 Å². The number of anilines is 3. The molecule has 0 saturated heterocycles. The summed E-state index contributed by atoms with van der Waals surface area (Å²) in [5, 5.41) is 31.9. The lowest BCUT2D eigenvalue weighted by molar-refractivity contribution is 0.102. The Kier molecular flexibility index (Phi) is 8.01. The van der Waals surface area contributed by atoms with Gasteiger partial charge in [-0.15, -0.1) is 0 Å². The van der Waals surface area contributed by atoms with Crippen LogP contribution in [0.25, 0.3) is 0 Å². The van der Waals surface area contributed by atoms with Gasteiger partial charge in [0.2, 0.25) is 17.8 Å². The lowest BCUT2D eigenvalue weighted by Gasteiger charge is -2.29. The van der Waals surface area contributed by atoms with Crippen LogP contribution in [-0.2, 0) is 9.47 Å². The van der Waals surface area contributed by atoms with Crippen LogP contribution in [0, 0.1) is 0 Å².